The van der Waals surface area contributed by atoms with Gasteiger partial charge in [-0.25, -0.2) is 0 Å². The number of benzene rings is 1. The molecule has 16 heavy (non-hydrogen) atoms. The molecule has 0 aliphatic carbocycles. The smallest absolute Gasteiger partial charge is 0.141 e. The Kier molecular flexibility index (Phi) is 6.90. The van der Waals surface area contributed by atoms with E-state index in [9.17, 15) is 0 Å². The number of unbranched alkanes of at least 4 members (excludes halogenated alkanes) is 3. The van der Waals surface area contributed by atoms with E-state index in [-0.39, 0.29) is 0 Å². The minimum atomic E-state index is 0.701. The molecule has 1 aromatic carbocycles. The van der Waals surface area contributed by atoms with E-state index in [4.69, 9.17) is 16.3 Å². The Labute approximate surface area is 111 Å². The SMILES string of the molecule is CCCCCCOc1c(Cl)cccc1CBr. The van der Waals surface area contributed by atoms with E-state index >= 15 is 0 Å². The fraction of sp³-hybridized carbons (Fsp3) is 0.538. The van der Waals surface area contributed by atoms with Gasteiger partial charge in [-0.1, -0.05) is 65.8 Å². The van der Waals surface area contributed by atoms with Crippen molar-refractivity contribution in [2.24, 2.45) is 0 Å². The summed E-state index contributed by atoms with van der Waals surface area (Å²) >= 11 is 9.54. The first-order chi connectivity index (χ1) is 7.79. The highest BCUT2D eigenvalue weighted by molar-refractivity contribution is 9.08. The zero-order chi connectivity index (χ0) is 11.8. The number of hydrogen-bond donors (Lipinski definition) is 0. The van der Waals surface area contributed by atoms with E-state index < -0.39 is 0 Å². The molecule has 0 atom stereocenters. The summed E-state index contributed by atoms with van der Waals surface area (Å²) in [7, 11) is 0. The van der Waals surface area contributed by atoms with Crippen molar-refractivity contribution in [2.45, 2.75) is 37.9 Å². The van der Waals surface area contributed by atoms with Gasteiger partial charge in [-0.05, 0) is 12.5 Å². The third-order valence-corrected chi connectivity index (χ3v) is 3.34. The van der Waals surface area contributed by atoms with Crippen LogP contribution in [-0.4, -0.2) is 6.61 Å². The van der Waals surface area contributed by atoms with Crippen molar-refractivity contribution >= 4 is 27.5 Å². The van der Waals surface area contributed by atoms with Gasteiger partial charge >= 0.3 is 0 Å². The Morgan fingerprint density at radius 1 is 1.25 bits per heavy atom. The maximum atomic E-state index is 6.10. The van der Waals surface area contributed by atoms with Gasteiger partial charge < -0.3 is 4.74 Å². The second-order valence-electron chi connectivity index (χ2n) is 3.77. The van der Waals surface area contributed by atoms with Gasteiger partial charge in [0, 0.05) is 10.9 Å². The van der Waals surface area contributed by atoms with Gasteiger partial charge in [0.05, 0.1) is 11.6 Å². The quantitative estimate of drug-likeness (QED) is 0.497. The third kappa shape index (κ3) is 4.34. The van der Waals surface area contributed by atoms with Crippen LogP contribution in [0.1, 0.15) is 38.2 Å². The van der Waals surface area contributed by atoms with Crippen molar-refractivity contribution in [3.63, 3.8) is 0 Å². The Morgan fingerprint density at radius 2 is 2.06 bits per heavy atom. The van der Waals surface area contributed by atoms with E-state index in [1.165, 1.54) is 19.3 Å². The third-order valence-electron chi connectivity index (χ3n) is 2.44. The summed E-state index contributed by atoms with van der Waals surface area (Å²) in [6.07, 6.45) is 4.85. The average molecular weight is 306 g/mol. The summed E-state index contributed by atoms with van der Waals surface area (Å²) in [6, 6.07) is 5.85. The monoisotopic (exact) mass is 304 g/mol. The first-order valence-electron chi connectivity index (χ1n) is 5.75. The van der Waals surface area contributed by atoms with Crippen molar-refractivity contribution in [1.29, 1.82) is 0 Å². The van der Waals surface area contributed by atoms with Crippen LogP contribution >= 0.6 is 27.5 Å². The molecule has 0 heterocycles. The van der Waals surface area contributed by atoms with E-state index in [1.807, 2.05) is 18.2 Å². The lowest BCUT2D eigenvalue weighted by atomic mass is 10.2. The van der Waals surface area contributed by atoms with Gasteiger partial charge in [0.25, 0.3) is 0 Å². The summed E-state index contributed by atoms with van der Waals surface area (Å²) in [6.45, 7) is 2.96. The summed E-state index contributed by atoms with van der Waals surface area (Å²) in [4.78, 5) is 0. The maximum absolute atomic E-state index is 6.10. The molecule has 0 saturated carbocycles. The molecule has 0 radical (unpaired) electrons. The molecule has 1 aromatic rings. The number of ether oxygens (including phenoxy) is 1. The summed E-state index contributed by atoms with van der Waals surface area (Å²) in [5, 5.41) is 1.48. The molecule has 0 spiro atoms. The highest BCUT2D eigenvalue weighted by atomic mass is 79.9. The second kappa shape index (κ2) is 7.97. The zero-order valence-corrected chi connectivity index (χ0v) is 12.0. The van der Waals surface area contributed by atoms with Crippen LogP contribution in [0.15, 0.2) is 18.2 Å². The standard InChI is InChI=1S/C13H18BrClO/c1-2-3-4-5-9-16-13-11(10-14)7-6-8-12(13)15/h6-8H,2-5,9-10H2,1H3. The molecule has 0 amide bonds. The van der Waals surface area contributed by atoms with Crippen LogP contribution in [-0.2, 0) is 5.33 Å². The Hall–Kier alpha value is -0.210. The first kappa shape index (κ1) is 13.9. The number of halogens is 2. The van der Waals surface area contributed by atoms with Gasteiger partial charge in [-0.3, -0.25) is 0 Å². The van der Waals surface area contributed by atoms with Gasteiger partial charge in [0.1, 0.15) is 5.75 Å². The number of rotatable bonds is 7. The minimum Gasteiger partial charge on any atom is -0.492 e. The van der Waals surface area contributed by atoms with Crippen molar-refractivity contribution in [3.05, 3.63) is 28.8 Å². The Balaban J connectivity index is 2.46. The lowest BCUT2D eigenvalue weighted by Crippen LogP contribution is -2.00. The fourth-order valence-electron chi connectivity index (χ4n) is 1.52. The van der Waals surface area contributed by atoms with Gasteiger partial charge in [0.2, 0.25) is 0 Å². The minimum absolute atomic E-state index is 0.701. The van der Waals surface area contributed by atoms with E-state index in [0.29, 0.717) is 5.02 Å². The number of para-hydroxylation sites is 1. The average Bonchev–Trinajstić information content (AvgIpc) is 2.30. The van der Waals surface area contributed by atoms with Crippen molar-refractivity contribution in [2.75, 3.05) is 6.61 Å². The Morgan fingerprint density at radius 3 is 2.75 bits per heavy atom. The van der Waals surface area contributed by atoms with Crippen LogP contribution in [0.5, 0.6) is 5.75 Å². The predicted octanol–water partition coefficient (Wildman–Crippen LogP) is 5.19. The molecule has 0 saturated heterocycles. The summed E-state index contributed by atoms with van der Waals surface area (Å²) in [5.41, 5.74) is 1.11. The van der Waals surface area contributed by atoms with Crippen LogP contribution < -0.4 is 4.74 Å². The highest BCUT2D eigenvalue weighted by Crippen LogP contribution is 2.30. The molecular formula is C13H18BrClO. The molecule has 0 N–H and O–H groups in total. The lowest BCUT2D eigenvalue weighted by Gasteiger charge is -2.11. The van der Waals surface area contributed by atoms with Crippen LogP contribution in [0.2, 0.25) is 5.02 Å². The van der Waals surface area contributed by atoms with Gasteiger partial charge in [-0.2, -0.15) is 0 Å². The molecule has 0 aliphatic rings. The van der Waals surface area contributed by atoms with Gasteiger partial charge in [-0.15, -0.1) is 0 Å². The maximum Gasteiger partial charge on any atom is 0.141 e. The molecular weight excluding hydrogens is 287 g/mol. The summed E-state index contributed by atoms with van der Waals surface area (Å²) in [5.74, 6) is 0.831. The molecule has 3 heteroatoms. The van der Waals surface area contributed by atoms with Crippen LogP contribution in [0, 0.1) is 0 Å². The molecule has 0 aliphatic heterocycles. The predicted molar refractivity (Wildman–Crippen MR) is 73.7 cm³/mol. The molecule has 0 unspecified atom stereocenters. The van der Waals surface area contributed by atoms with Crippen LogP contribution in [0.4, 0.5) is 0 Å². The molecule has 0 fully saturated rings. The molecule has 0 bridgehead atoms. The van der Waals surface area contributed by atoms with E-state index in [0.717, 1.165) is 29.7 Å². The Bertz CT molecular complexity index is 315. The van der Waals surface area contributed by atoms with Crippen molar-refractivity contribution in [3.8, 4) is 5.75 Å². The van der Waals surface area contributed by atoms with Crippen molar-refractivity contribution in [1.82, 2.24) is 0 Å². The summed E-state index contributed by atoms with van der Waals surface area (Å²) < 4.78 is 5.74. The van der Waals surface area contributed by atoms with Gasteiger partial charge in [0.15, 0.2) is 0 Å². The molecule has 1 rings (SSSR count). The highest BCUT2D eigenvalue weighted by Gasteiger charge is 2.06. The van der Waals surface area contributed by atoms with Crippen LogP contribution in [0.3, 0.4) is 0 Å². The fourth-order valence-corrected chi connectivity index (χ4v) is 2.21. The first-order valence-corrected chi connectivity index (χ1v) is 7.25. The van der Waals surface area contributed by atoms with Crippen molar-refractivity contribution < 1.29 is 4.74 Å². The van der Waals surface area contributed by atoms with E-state index in [2.05, 4.69) is 22.9 Å². The largest absolute Gasteiger partial charge is 0.492 e. The lowest BCUT2D eigenvalue weighted by molar-refractivity contribution is 0.303. The molecule has 0 aromatic heterocycles. The normalized spacial score (nSPS) is 10.4. The second-order valence-corrected chi connectivity index (χ2v) is 4.74. The number of alkyl halides is 1. The molecule has 1 nitrogen and oxygen atoms in total. The topological polar surface area (TPSA) is 9.23 Å². The van der Waals surface area contributed by atoms with Crippen LogP contribution in [0.25, 0.3) is 0 Å². The molecule has 90 valence electrons. The van der Waals surface area contributed by atoms with E-state index in [1.54, 1.807) is 0 Å². The number of hydrogen-bond acceptors (Lipinski definition) is 1. The zero-order valence-electron chi connectivity index (χ0n) is 9.64.